The molecule has 0 saturated heterocycles. The lowest BCUT2D eigenvalue weighted by Crippen LogP contribution is -2.36. The lowest BCUT2D eigenvalue weighted by Gasteiger charge is -2.24. The molecule has 1 aliphatic rings. The summed E-state index contributed by atoms with van der Waals surface area (Å²) in [4.78, 5) is 22.7. The first-order valence-corrected chi connectivity index (χ1v) is 9.09. The van der Waals surface area contributed by atoms with Crippen LogP contribution in [-0.4, -0.2) is 43.6 Å². The summed E-state index contributed by atoms with van der Waals surface area (Å²) in [5.74, 6) is 0.0677. The summed E-state index contributed by atoms with van der Waals surface area (Å²) in [5, 5.41) is 7.44. The van der Waals surface area contributed by atoms with Gasteiger partial charge in [-0.2, -0.15) is 5.10 Å². The Morgan fingerprint density at radius 2 is 2.00 bits per heavy atom. The molecule has 27 heavy (non-hydrogen) atoms. The number of hydrogen-bond acceptors (Lipinski definition) is 5. The Hall–Kier alpha value is -3.06. The number of carbonyl (C=O) groups is 1. The van der Waals surface area contributed by atoms with Crippen LogP contribution >= 0.6 is 0 Å². The Kier molecular flexibility index (Phi) is 5.20. The highest BCUT2D eigenvalue weighted by atomic mass is 16.1. The van der Waals surface area contributed by atoms with Crippen molar-refractivity contribution in [3.63, 3.8) is 0 Å². The molecule has 138 valence electrons. The molecule has 7 heteroatoms. The van der Waals surface area contributed by atoms with Crippen molar-refractivity contribution in [1.29, 1.82) is 0 Å². The number of fused-ring (bicyclic) bond motifs is 1. The Morgan fingerprint density at radius 3 is 2.81 bits per heavy atom. The predicted molar refractivity (Wildman–Crippen MR) is 101 cm³/mol. The number of rotatable bonds is 5. The van der Waals surface area contributed by atoms with Crippen LogP contribution in [0.25, 0.3) is 0 Å². The van der Waals surface area contributed by atoms with E-state index < -0.39 is 0 Å². The molecule has 0 bridgehead atoms. The van der Waals surface area contributed by atoms with E-state index in [0.29, 0.717) is 12.2 Å². The van der Waals surface area contributed by atoms with Crippen molar-refractivity contribution in [3.8, 4) is 0 Å². The standard InChI is InChI=1S/C20H22N6O/c27-20(19-11-21-8-9-22-19)23-10-17-13-25(12-16-4-2-1-3-5-16)15-18-6-7-24-26(18)14-17/h1-9,11,17H,10,12-15H2,(H,23,27)/t17-/m0/s1. The van der Waals surface area contributed by atoms with Gasteiger partial charge in [0.25, 0.3) is 5.91 Å². The second-order valence-corrected chi connectivity index (χ2v) is 6.83. The summed E-state index contributed by atoms with van der Waals surface area (Å²) >= 11 is 0. The molecule has 0 saturated carbocycles. The van der Waals surface area contributed by atoms with Gasteiger partial charge in [-0.15, -0.1) is 0 Å². The highest BCUT2D eigenvalue weighted by molar-refractivity contribution is 5.91. The van der Waals surface area contributed by atoms with Crippen LogP contribution in [-0.2, 0) is 19.6 Å². The average Bonchev–Trinajstić information content (AvgIpc) is 3.06. The average molecular weight is 362 g/mol. The smallest absolute Gasteiger partial charge is 0.271 e. The molecular weight excluding hydrogens is 340 g/mol. The van der Waals surface area contributed by atoms with E-state index in [-0.39, 0.29) is 11.8 Å². The van der Waals surface area contributed by atoms with Crippen molar-refractivity contribution in [3.05, 3.63) is 78.1 Å². The minimum absolute atomic E-state index is 0.192. The summed E-state index contributed by atoms with van der Waals surface area (Å²) in [5.41, 5.74) is 2.83. The van der Waals surface area contributed by atoms with Crippen LogP contribution in [0.5, 0.6) is 0 Å². The van der Waals surface area contributed by atoms with Crippen LogP contribution < -0.4 is 5.32 Å². The lowest BCUT2D eigenvalue weighted by atomic mass is 10.1. The fourth-order valence-electron chi connectivity index (χ4n) is 3.45. The maximum absolute atomic E-state index is 12.3. The van der Waals surface area contributed by atoms with Gasteiger partial charge in [-0.1, -0.05) is 30.3 Å². The second-order valence-electron chi connectivity index (χ2n) is 6.83. The molecule has 1 amide bonds. The van der Waals surface area contributed by atoms with Gasteiger partial charge in [-0.25, -0.2) is 4.98 Å². The monoisotopic (exact) mass is 362 g/mol. The van der Waals surface area contributed by atoms with E-state index in [1.165, 1.54) is 23.7 Å². The van der Waals surface area contributed by atoms with E-state index in [4.69, 9.17) is 0 Å². The van der Waals surface area contributed by atoms with Crippen LogP contribution in [0, 0.1) is 5.92 Å². The summed E-state index contributed by atoms with van der Waals surface area (Å²) in [7, 11) is 0. The fraction of sp³-hybridized carbons (Fsp3) is 0.300. The molecule has 1 N–H and O–H groups in total. The number of nitrogens with zero attached hydrogens (tertiary/aromatic N) is 5. The SMILES string of the molecule is O=C(NC[C@H]1CN(Cc2ccccc2)Cc2ccnn2C1)c1cnccn1. The van der Waals surface area contributed by atoms with Gasteiger partial charge < -0.3 is 5.32 Å². The van der Waals surface area contributed by atoms with Crippen molar-refractivity contribution < 1.29 is 4.79 Å². The molecule has 1 aromatic carbocycles. The van der Waals surface area contributed by atoms with Crippen LogP contribution in [0.4, 0.5) is 0 Å². The van der Waals surface area contributed by atoms with Crippen LogP contribution in [0.1, 0.15) is 21.7 Å². The van der Waals surface area contributed by atoms with Gasteiger partial charge in [0.15, 0.2) is 0 Å². The van der Waals surface area contributed by atoms with Gasteiger partial charge in [-0.3, -0.25) is 19.4 Å². The van der Waals surface area contributed by atoms with E-state index in [0.717, 1.165) is 26.2 Å². The molecule has 1 aliphatic heterocycles. The van der Waals surface area contributed by atoms with E-state index >= 15 is 0 Å². The summed E-state index contributed by atoms with van der Waals surface area (Å²) in [6, 6.07) is 12.5. The first kappa shape index (κ1) is 17.4. The number of carbonyl (C=O) groups excluding carboxylic acids is 1. The number of nitrogens with one attached hydrogen (secondary N) is 1. The van der Waals surface area contributed by atoms with E-state index in [2.05, 4.69) is 55.6 Å². The zero-order valence-corrected chi connectivity index (χ0v) is 15.0. The molecule has 0 spiro atoms. The van der Waals surface area contributed by atoms with Gasteiger partial charge in [0.05, 0.1) is 11.9 Å². The van der Waals surface area contributed by atoms with Crippen molar-refractivity contribution in [2.24, 2.45) is 5.92 Å². The lowest BCUT2D eigenvalue weighted by molar-refractivity contribution is 0.0935. The van der Waals surface area contributed by atoms with E-state index in [9.17, 15) is 4.79 Å². The molecule has 1 atom stereocenters. The molecule has 7 nitrogen and oxygen atoms in total. The predicted octanol–water partition coefficient (Wildman–Crippen LogP) is 1.74. The van der Waals surface area contributed by atoms with Gasteiger partial charge in [0, 0.05) is 57.2 Å². The largest absolute Gasteiger partial charge is 0.350 e. The minimum atomic E-state index is -0.192. The maximum atomic E-state index is 12.3. The molecule has 0 radical (unpaired) electrons. The number of benzene rings is 1. The fourth-order valence-corrected chi connectivity index (χ4v) is 3.45. The van der Waals surface area contributed by atoms with E-state index in [1.807, 2.05) is 16.9 Å². The van der Waals surface area contributed by atoms with Crippen LogP contribution in [0.2, 0.25) is 0 Å². The highest BCUT2D eigenvalue weighted by Gasteiger charge is 2.23. The highest BCUT2D eigenvalue weighted by Crippen LogP contribution is 2.18. The molecule has 3 heterocycles. The molecule has 2 aromatic heterocycles. The van der Waals surface area contributed by atoms with Gasteiger partial charge >= 0.3 is 0 Å². The third-order valence-corrected chi connectivity index (χ3v) is 4.73. The van der Waals surface area contributed by atoms with E-state index in [1.54, 1.807) is 6.20 Å². The number of hydrogen-bond donors (Lipinski definition) is 1. The quantitative estimate of drug-likeness (QED) is 0.748. The third-order valence-electron chi connectivity index (χ3n) is 4.73. The molecule has 3 aromatic rings. The zero-order chi connectivity index (χ0) is 18.5. The maximum Gasteiger partial charge on any atom is 0.271 e. The zero-order valence-electron chi connectivity index (χ0n) is 15.0. The number of aromatic nitrogens is 4. The Balaban J connectivity index is 1.44. The van der Waals surface area contributed by atoms with Crippen LogP contribution in [0.3, 0.4) is 0 Å². The normalized spacial score (nSPS) is 17.1. The topological polar surface area (TPSA) is 75.9 Å². The Morgan fingerprint density at radius 1 is 1.11 bits per heavy atom. The van der Waals surface area contributed by atoms with Crippen molar-refractivity contribution in [2.45, 2.75) is 19.6 Å². The summed E-state index contributed by atoms with van der Waals surface area (Å²) < 4.78 is 2.05. The van der Waals surface area contributed by atoms with Crippen LogP contribution in [0.15, 0.2) is 61.2 Å². The van der Waals surface area contributed by atoms with Gasteiger partial charge in [0.1, 0.15) is 5.69 Å². The first-order valence-electron chi connectivity index (χ1n) is 9.09. The second kappa shape index (κ2) is 8.09. The van der Waals surface area contributed by atoms with Crippen molar-refractivity contribution in [2.75, 3.05) is 13.1 Å². The van der Waals surface area contributed by atoms with Crippen molar-refractivity contribution in [1.82, 2.24) is 30.0 Å². The summed E-state index contributed by atoms with van der Waals surface area (Å²) in [6.07, 6.45) is 6.41. The Bertz CT molecular complexity index is 880. The molecule has 0 aliphatic carbocycles. The molecular formula is C20H22N6O. The summed E-state index contributed by atoms with van der Waals surface area (Å²) in [6.45, 7) is 3.97. The molecule has 4 rings (SSSR count). The Labute approximate surface area is 158 Å². The molecule has 0 unspecified atom stereocenters. The third kappa shape index (κ3) is 4.38. The molecule has 0 fully saturated rings. The number of amides is 1. The van der Waals surface area contributed by atoms with Gasteiger partial charge in [-0.05, 0) is 11.6 Å². The first-order chi connectivity index (χ1) is 13.3. The van der Waals surface area contributed by atoms with Crippen molar-refractivity contribution >= 4 is 5.91 Å². The minimum Gasteiger partial charge on any atom is -0.350 e. The van der Waals surface area contributed by atoms with Gasteiger partial charge in [0.2, 0.25) is 0 Å².